The summed E-state index contributed by atoms with van der Waals surface area (Å²) in [4.78, 5) is 27.5. The molecule has 3 fully saturated rings. The van der Waals surface area contributed by atoms with Crippen molar-refractivity contribution in [2.45, 2.75) is 58.1 Å². The first kappa shape index (κ1) is 14.8. The predicted molar refractivity (Wildman–Crippen MR) is 79.1 cm³/mol. The van der Waals surface area contributed by atoms with Gasteiger partial charge in [-0.05, 0) is 33.6 Å². The van der Waals surface area contributed by atoms with E-state index in [0.717, 1.165) is 26.2 Å². The molecule has 3 aliphatic rings. The number of piperidine rings is 1. The summed E-state index contributed by atoms with van der Waals surface area (Å²) >= 11 is 0. The summed E-state index contributed by atoms with van der Waals surface area (Å²) in [5.41, 5.74) is -0.0780. The Kier molecular flexibility index (Phi) is 3.51. The minimum atomic E-state index is -0.414. The lowest BCUT2D eigenvalue weighted by Gasteiger charge is -2.61. The molecule has 2 heterocycles. The molecule has 1 spiro atoms. The Morgan fingerprint density at radius 2 is 1.76 bits per heavy atom. The molecule has 2 saturated heterocycles. The SMILES string of the molecule is CC(C)(C)OC(=O)N1CC2(CC(N3CCC(=O)CC3)C2)C1. The van der Waals surface area contributed by atoms with Crippen molar-refractivity contribution < 1.29 is 14.3 Å². The van der Waals surface area contributed by atoms with E-state index in [1.807, 2.05) is 25.7 Å². The predicted octanol–water partition coefficient (Wildman–Crippen LogP) is 2.05. The first-order valence-corrected chi connectivity index (χ1v) is 8.00. The number of amides is 1. The summed E-state index contributed by atoms with van der Waals surface area (Å²) in [6.45, 7) is 9.23. The molecule has 1 amide bonds. The van der Waals surface area contributed by atoms with Crippen LogP contribution in [0.2, 0.25) is 0 Å². The van der Waals surface area contributed by atoms with Gasteiger partial charge in [0, 0.05) is 50.5 Å². The fourth-order valence-electron chi connectivity index (χ4n) is 3.81. The van der Waals surface area contributed by atoms with Crippen molar-refractivity contribution in [3.8, 4) is 0 Å². The maximum absolute atomic E-state index is 11.9. The molecule has 0 aromatic heterocycles. The van der Waals surface area contributed by atoms with E-state index in [0.29, 0.717) is 30.1 Å². The molecule has 118 valence electrons. The highest BCUT2D eigenvalue weighted by Gasteiger charge is 2.55. The second-order valence-electron chi connectivity index (χ2n) is 7.97. The molecule has 5 nitrogen and oxygen atoms in total. The highest BCUT2D eigenvalue weighted by molar-refractivity contribution is 5.79. The summed E-state index contributed by atoms with van der Waals surface area (Å²) in [6.07, 6.45) is 3.59. The second-order valence-corrected chi connectivity index (χ2v) is 7.97. The van der Waals surface area contributed by atoms with Crippen molar-refractivity contribution in [1.29, 1.82) is 0 Å². The largest absolute Gasteiger partial charge is 0.444 e. The van der Waals surface area contributed by atoms with E-state index in [9.17, 15) is 9.59 Å². The van der Waals surface area contributed by atoms with Gasteiger partial charge in [0.1, 0.15) is 11.4 Å². The van der Waals surface area contributed by atoms with E-state index in [4.69, 9.17) is 4.74 Å². The number of ketones is 1. The minimum absolute atomic E-state index is 0.180. The van der Waals surface area contributed by atoms with Gasteiger partial charge >= 0.3 is 6.09 Å². The van der Waals surface area contributed by atoms with Gasteiger partial charge < -0.3 is 9.64 Å². The summed E-state index contributed by atoms with van der Waals surface area (Å²) in [5, 5.41) is 0. The Bertz CT molecular complexity index is 431. The van der Waals surface area contributed by atoms with Gasteiger partial charge in [-0.2, -0.15) is 0 Å². The molecule has 0 unspecified atom stereocenters. The Labute approximate surface area is 126 Å². The number of hydrogen-bond acceptors (Lipinski definition) is 4. The molecule has 2 aliphatic heterocycles. The molecule has 3 rings (SSSR count). The van der Waals surface area contributed by atoms with E-state index in [-0.39, 0.29) is 6.09 Å². The maximum Gasteiger partial charge on any atom is 0.410 e. The van der Waals surface area contributed by atoms with Crippen molar-refractivity contribution in [3.05, 3.63) is 0 Å². The Morgan fingerprint density at radius 1 is 1.19 bits per heavy atom. The Balaban J connectivity index is 1.42. The van der Waals surface area contributed by atoms with Crippen LogP contribution in [0.4, 0.5) is 4.79 Å². The topological polar surface area (TPSA) is 49.9 Å². The number of ether oxygens (including phenoxy) is 1. The average molecular weight is 294 g/mol. The number of carbonyl (C=O) groups excluding carboxylic acids is 2. The number of nitrogens with zero attached hydrogens (tertiary/aromatic N) is 2. The molecule has 0 aromatic rings. The molecular formula is C16H26N2O3. The lowest BCUT2D eigenvalue weighted by molar-refractivity contribution is -0.128. The van der Waals surface area contributed by atoms with Crippen LogP contribution in [0.1, 0.15) is 46.5 Å². The highest BCUT2D eigenvalue weighted by Crippen LogP contribution is 2.50. The average Bonchev–Trinajstić information content (AvgIpc) is 2.25. The van der Waals surface area contributed by atoms with Gasteiger partial charge in [0.05, 0.1) is 0 Å². The van der Waals surface area contributed by atoms with E-state index >= 15 is 0 Å². The maximum atomic E-state index is 11.9. The van der Waals surface area contributed by atoms with Gasteiger partial charge in [-0.25, -0.2) is 4.79 Å². The van der Waals surface area contributed by atoms with Crippen molar-refractivity contribution in [2.24, 2.45) is 5.41 Å². The summed E-state index contributed by atoms with van der Waals surface area (Å²) in [5.74, 6) is 0.403. The summed E-state index contributed by atoms with van der Waals surface area (Å²) < 4.78 is 5.40. The van der Waals surface area contributed by atoms with Gasteiger partial charge in [-0.1, -0.05) is 0 Å². The number of hydrogen-bond donors (Lipinski definition) is 0. The minimum Gasteiger partial charge on any atom is -0.444 e. The smallest absolute Gasteiger partial charge is 0.410 e. The zero-order chi connectivity index (χ0) is 15.3. The zero-order valence-corrected chi connectivity index (χ0v) is 13.4. The van der Waals surface area contributed by atoms with Crippen molar-refractivity contribution >= 4 is 11.9 Å². The third kappa shape index (κ3) is 3.07. The van der Waals surface area contributed by atoms with Crippen LogP contribution in [0.3, 0.4) is 0 Å². The van der Waals surface area contributed by atoms with Gasteiger partial charge in [-0.3, -0.25) is 9.69 Å². The van der Waals surface area contributed by atoms with Crippen molar-refractivity contribution in [3.63, 3.8) is 0 Å². The van der Waals surface area contributed by atoms with Gasteiger partial charge in [0.2, 0.25) is 0 Å². The summed E-state index contributed by atoms with van der Waals surface area (Å²) in [7, 11) is 0. The summed E-state index contributed by atoms with van der Waals surface area (Å²) in [6, 6.07) is 0.624. The van der Waals surface area contributed by atoms with Crippen LogP contribution in [-0.2, 0) is 9.53 Å². The van der Waals surface area contributed by atoms with Crippen LogP contribution in [-0.4, -0.2) is 59.5 Å². The molecule has 0 bridgehead atoms. The van der Waals surface area contributed by atoms with Gasteiger partial charge in [0.25, 0.3) is 0 Å². The van der Waals surface area contributed by atoms with Crippen LogP contribution < -0.4 is 0 Å². The third-order valence-electron chi connectivity index (χ3n) is 4.91. The Hall–Kier alpha value is -1.10. The molecular weight excluding hydrogens is 268 g/mol. The van der Waals surface area contributed by atoms with Crippen molar-refractivity contribution in [1.82, 2.24) is 9.80 Å². The second kappa shape index (κ2) is 4.97. The lowest BCUT2D eigenvalue weighted by Crippen LogP contribution is -2.68. The van der Waals surface area contributed by atoms with Crippen LogP contribution in [0.5, 0.6) is 0 Å². The molecule has 1 saturated carbocycles. The molecule has 0 atom stereocenters. The Morgan fingerprint density at radius 3 is 2.29 bits per heavy atom. The quantitative estimate of drug-likeness (QED) is 0.742. The molecule has 21 heavy (non-hydrogen) atoms. The molecule has 0 aromatic carbocycles. The van der Waals surface area contributed by atoms with Crippen LogP contribution >= 0.6 is 0 Å². The molecule has 0 radical (unpaired) electrons. The standard InChI is InChI=1S/C16H26N2O3/c1-15(2,3)21-14(20)18-10-16(11-18)8-12(9-16)17-6-4-13(19)5-7-17/h12H,4-11H2,1-3H3. The van der Waals surface area contributed by atoms with E-state index in [1.54, 1.807) is 0 Å². The van der Waals surface area contributed by atoms with Crippen LogP contribution in [0.25, 0.3) is 0 Å². The monoisotopic (exact) mass is 294 g/mol. The molecule has 5 heteroatoms. The van der Waals surface area contributed by atoms with Crippen LogP contribution in [0, 0.1) is 5.41 Å². The molecule has 1 aliphatic carbocycles. The lowest BCUT2D eigenvalue weighted by atomic mass is 9.60. The number of carbonyl (C=O) groups is 2. The van der Waals surface area contributed by atoms with Gasteiger partial charge in [-0.15, -0.1) is 0 Å². The van der Waals surface area contributed by atoms with E-state index in [1.165, 1.54) is 12.8 Å². The van der Waals surface area contributed by atoms with E-state index in [2.05, 4.69) is 4.90 Å². The van der Waals surface area contributed by atoms with E-state index < -0.39 is 5.60 Å². The molecule has 0 N–H and O–H groups in total. The number of Topliss-reactive ketones (excluding diaryl/α,β-unsaturated/α-hetero) is 1. The number of rotatable bonds is 1. The normalized spacial score (nSPS) is 26.4. The fourth-order valence-corrected chi connectivity index (χ4v) is 3.81. The van der Waals surface area contributed by atoms with Crippen LogP contribution in [0.15, 0.2) is 0 Å². The number of likely N-dealkylation sites (tertiary alicyclic amines) is 2. The third-order valence-corrected chi connectivity index (χ3v) is 4.91. The first-order chi connectivity index (χ1) is 9.76. The van der Waals surface area contributed by atoms with Gasteiger partial charge in [0.15, 0.2) is 0 Å². The fraction of sp³-hybridized carbons (Fsp3) is 0.875. The first-order valence-electron chi connectivity index (χ1n) is 8.00. The zero-order valence-electron chi connectivity index (χ0n) is 13.4. The van der Waals surface area contributed by atoms with Crippen molar-refractivity contribution in [2.75, 3.05) is 26.2 Å². The highest BCUT2D eigenvalue weighted by atomic mass is 16.6.